The summed E-state index contributed by atoms with van der Waals surface area (Å²) >= 11 is 0. The van der Waals surface area contributed by atoms with Crippen LogP contribution in [0.4, 0.5) is 18.9 Å². The number of aromatic hydroxyl groups is 1. The van der Waals surface area contributed by atoms with Crippen LogP contribution in [0.2, 0.25) is 0 Å². The molecule has 2 heterocycles. The van der Waals surface area contributed by atoms with E-state index in [-0.39, 0.29) is 11.4 Å². The maximum atomic E-state index is 13.5. The number of phenols is 1. The Morgan fingerprint density at radius 3 is 2.40 bits per heavy atom. The van der Waals surface area contributed by atoms with E-state index in [1.54, 1.807) is 43.5 Å². The highest BCUT2D eigenvalue weighted by Gasteiger charge is 2.34. The number of nitrogens with one attached hydrogen (secondary N) is 1. The van der Waals surface area contributed by atoms with E-state index in [1.165, 1.54) is 18.2 Å². The number of alkyl halides is 3. The molecule has 2 aromatic heterocycles. The molecule has 1 unspecified atom stereocenters. The molecule has 0 saturated heterocycles. The van der Waals surface area contributed by atoms with Gasteiger partial charge in [0.05, 0.1) is 17.3 Å². The van der Waals surface area contributed by atoms with E-state index in [1.807, 2.05) is 12.1 Å². The summed E-state index contributed by atoms with van der Waals surface area (Å²) < 4.78 is 40.6. The molecule has 30 heavy (non-hydrogen) atoms. The number of aromatic nitrogens is 2. The lowest BCUT2D eigenvalue weighted by Gasteiger charge is -2.23. The number of phenolic OH excluding ortho intramolecular Hbond substituents is 1. The Kier molecular flexibility index (Phi) is 5.03. The third kappa shape index (κ3) is 3.78. The minimum absolute atomic E-state index is 0.0937. The third-order valence-electron chi connectivity index (χ3n) is 4.83. The van der Waals surface area contributed by atoms with Gasteiger partial charge in [0.1, 0.15) is 11.3 Å². The standard InChI is InChI=1S/C23H18F3N3O/c1-14-9-10-15-11-12-16(22(30)20(15)28-14)21(19-8-4-5-13-27-19)29-18-7-3-2-6-17(18)23(24,25)26/h2-13,21,29-30H,1H3. The molecule has 2 aromatic carbocycles. The average Bonchev–Trinajstić information content (AvgIpc) is 2.73. The Hall–Kier alpha value is -3.61. The molecule has 0 saturated carbocycles. The molecule has 0 fully saturated rings. The Morgan fingerprint density at radius 2 is 1.67 bits per heavy atom. The first-order valence-electron chi connectivity index (χ1n) is 9.27. The number of aryl methyl sites for hydroxylation is 1. The lowest BCUT2D eigenvalue weighted by atomic mass is 9.98. The zero-order chi connectivity index (χ0) is 21.3. The molecule has 2 N–H and O–H groups in total. The second-order valence-corrected chi connectivity index (χ2v) is 6.90. The van der Waals surface area contributed by atoms with Crippen molar-refractivity contribution in [2.45, 2.75) is 19.1 Å². The van der Waals surface area contributed by atoms with Crippen LogP contribution in [0.15, 0.2) is 72.9 Å². The average molecular weight is 409 g/mol. The Bertz CT molecular complexity index is 1190. The number of fused-ring (bicyclic) bond motifs is 1. The van der Waals surface area contributed by atoms with Crippen molar-refractivity contribution < 1.29 is 18.3 Å². The number of benzene rings is 2. The molecule has 0 radical (unpaired) electrons. The maximum absolute atomic E-state index is 13.5. The lowest BCUT2D eigenvalue weighted by Crippen LogP contribution is -2.17. The topological polar surface area (TPSA) is 58.0 Å². The first-order valence-corrected chi connectivity index (χ1v) is 9.27. The van der Waals surface area contributed by atoms with E-state index in [0.29, 0.717) is 16.8 Å². The van der Waals surface area contributed by atoms with Crippen molar-refractivity contribution in [3.8, 4) is 5.75 Å². The van der Waals surface area contributed by atoms with Crippen molar-refractivity contribution in [3.63, 3.8) is 0 Å². The molecule has 152 valence electrons. The molecule has 7 heteroatoms. The van der Waals surface area contributed by atoms with Gasteiger partial charge >= 0.3 is 6.18 Å². The SMILES string of the molecule is Cc1ccc2ccc(C(Nc3ccccc3C(F)(F)F)c3ccccn3)c(O)c2n1. The summed E-state index contributed by atoms with van der Waals surface area (Å²) in [6, 6.07) is 16.7. The van der Waals surface area contributed by atoms with Crippen LogP contribution in [-0.4, -0.2) is 15.1 Å². The molecule has 0 bridgehead atoms. The molecule has 0 spiro atoms. The lowest BCUT2D eigenvalue weighted by molar-refractivity contribution is -0.137. The number of para-hydroxylation sites is 1. The van der Waals surface area contributed by atoms with Gasteiger partial charge in [0.25, 0.3) is 0 Å². The number of pyridine rings is 2. The van der Waals surface area contributed by atoms with E-state index in [9.17, 15) is 18.3 Å². The molecule has 0 aliphatic rings. The molecule has 0 aliphatic carbocycles. The van der Waals surface area contributed by atoms with Crippen LogP contribution in [0.1, 0.15) is 28.6 Å². The number of rotatable bonds is 4. The highest BCUT2D eigenvalue weighted by Crippen LogP contribution is 2.39. The van der Waals surface area contributed by atoms with Crippen LogP contribution in [-0.2, 0) is 6.18 Å². The molecule has 4 rings (SSSR count). The first kappa shape index (κ1) is 19.7. The van der Waals surface area contributed by atoms with Gasteiger partial charge in [-0.3, -0.25) is 4.98 Å². The molecule has 0 amide bonds. The number of nitrogens with zero attached hydrogens (tertiary/aromatic N) is 2. The van der Waals surface area contributed by atoms with Crippen LogP contribution in [0.3, 0.4) is 0 Å². The smallest absolute Gasteiger partial charge is 0.418 e. The molecule has 0 aliphatic heterocycles. The monoisotopic (exact) mass is 409 g/mol. The van der Waals surface area contributed by atoms with Crippen molar-refractivity contribution in [2.75, 3.05) is 5.32 Å². The van der Waals surface area contributed by atoms with Gasteiger partial charge in [0.2, 0.25) is 0 Å². The largest absolute Gasteiger partial charge is 0.505 e. The van der Waals surface area contributed by atoms with Crippen LogP contribution in [0.5, 0.6) is 5.75 Å². The molecular weight excluding hydrogens is 391 g/mol. The summed E-state index contributed by atoms with van der Waals surface area (Å²) in [5.74, 6) is -0.0937. The fourth-order valence-corrected chi connectivity index (χ4v) is 3.39. The minimum Gasteiger partial charge on any atom is -0.505 e. The fraction of sp³-hybridized carbons (Fsp3) is 0.130. The highest BCUT2D eigenvalue weighted by molar-refractivity contribution is 5.86. The van der Waals surface area contributed by atoms with E-state index in [2.05, 4.69) is 15.3 Å². The zero-order valence-electron chi connectivity index (χ0n) is 16.0. The normalized spacial score (nSPS) is 12.7. The number of hydrogen-bond acceptors (Lipinski definition) is 4. The summed E-state index contributed by atoms with van der Waals surface area (Å²) in [5, 5.41) is 14.6. The highest BCUT2D eigenvalue weighted by atomic mass is 19.4. The van der Waals surface area contributed by atoms with Crippen molar-refractivity contribution >= 4 is 16.6 Å². The van der Waals surface area contributed by atoms with Gasteiger partial charge in [-0.2, -0.15) is 13.2 Å². The predicted molar refractivity (Wildman–Crippen MR) is 109 cm³/mol. The second-order valence-electron chi connectivity index (χ2n) is 6.90. The van der Waals surface area contributed by atoms with Crippen LogP contribution in [0.25, 0.3) is 10.9 Å². The van der Waals surface area contributed by atoms with Gasteiger partial charge < -0.3 is 10.4 Å². The van der Waals surface area contributed by atoms with E-state index >= 15 is 0 Å². The Morgan fingerprint density at radius 1 is 0.933 bits per heavy atom. The minimum atomic E-state index is -4.53. The van der Waals surface area contributed by atoms with Gasteiger partial charge in [-0.1, -0.05) is 36.4 Å². The van der Waals surface area contributed by atoms with Gasteiger partial charge in [-0.15, -0.1) is 0 Å². The molecule has 4 nitrogen and oxygen atoms in total. The van der Waals surface area contributed by atoms with Crippen LogP contribution in [0, 0.1) is 6.92 Å². The number of halogens is 3. The van der Waals surface area contributed by atoms with Crippen LogP contribution >= 0.6 is 0 Å². The van der Waals surface area contributed by atoms with Crippen molar-refractivity contribution in [2.24, 2.45) is 0 Å². The van der Waals surface area contributed by atoms with Gasteiger partial charge in [-0.25, -0.2) is 4.98 Å². The van der Waals surface area contributed by atoms with Gasteiger partial charge in [0.15, 0.2) is 0 Å². The van der Waals surface area contributed by atoms with Crippen molar-refractivity contribution in [1.29, 1.82) is 0 Å². The summed E-state index contributed by atoms with van der Waals surface area (Å²) in [4.78, 5) is 8.70. The Balaban J connectivity index is 1.88. The molecular formula is C23H18F3N3O. The number of anilines is 1. The number of hydrogen-bond donors (Lipinski definition) is 2. The predicted octanol–water partition coefficient (Wildman–Crippen LogP) is 5.86. The summed E-state index contributed by atoms with van der Waals surface area (Å²) in [6.07, 6.45) is -2.97. The van der Waals surface area contributed by atoms with Crippen LogP contribution < -0.4 is 5.32 Å². The summed E-state index contributed by atoms with van der Waals surface area (Å²) in [7, 11) is 0. The fourth-order valence-electron chi connectivity index (χ4n) is 3.39. The van der Waals surface area contributed by atoms with E-state index in [4.69, 9.17) is 0 Å². The molecule has 1 atom stereocenters. The quantitative estimate of drug-likeness (QED) is 0.443. The maximum Gasteiger partial charge on any atom is 0.418 e. The van der Waals surface area contributed by atoms with Crippen molar-refractivity contribution in [1.82, 2.24) is 9.97 Å². The van der Waals surface area contributed by atoms with Gasteiger partial charge in [-0.05, 0) is 37.3 Å². The summed E-state index contributed by atoms with van der Waals surface area (Å²) in [6.45, 7) is 1.81. The molecule has 4 aromatic rings. The zero-order valence-corrected chi connectivity index (χ0v) is 16.0. The second kappa shape index (κ2) is 7.67. The van der Waals surface area contributed by atoms with Crippen molar-refractivity contribution in [3.05, 3.63) is 95.4 Å². The van der Waals surface area contributed by atoms with E-state index < -0.39 is 17.8 Å². The first-order chi connectivity index (χ1) is 14.3. The van der Waals surface area contributed by atoms with E-state index in [0.717, 1.165) is 17.1 Å². The third-order valence-corrected chi connectivity index (χ3v) is 4.83. The Labute approximate surface area is 171 Å². The van der Waals surface area contributed by atoms with Gasteiger partial charge in [0, 0.05) is 28.5 Å². The summed E-state index contributed by atoms with van der Waals surface area (Å²) in [5.41, 5.74) is 1.07.